The molecular weight excluding hydrogens is 193 g/mol. The zero-order chi connectivity index (χ0) is 9.84. The standard InChI is InChI=1S/C9H11NO3.Na/c10-8(9(12)13)5-6-1-3-7(11)4-2-6;/h1-4,8,11H,5,10H2,(H,12,13);/q;+1/p-1/t8-;/m0./s1. The molecule has 14 heavy (non-hydrogen) atoms. The van der Waals surface area contributed by atoms with E-state index in [-0.39, 0.29) is 41.7 Å². The first-order valence-corrected chi connectivity index (χ1v) is 3.84. The Hall–Kier alpha value is -0.550. The number of rotatable bonds is 3. The van der Waals surface area contributed by atoms with Gasteiger partial charge in [0.1, 0.15) is 5.75 Å². The quantitative estimate of drug-likeness (QED) is 0.490. The minimum absolute atomic E-state index is 0. The van der Waals surface area contributed by atoms with Gasteiger partial charge in [-0.2, -0.15) is 0 Å². The molecule has 1 atom stereocenters. The zero-order valence-corrected chi connectivity index (χ0v) is 9.93. The van der Waals surface area contributed by atoms with Crippen LogP contribution in [0.3, 0.4) is 0 Å². The number of phenolic OH excluding ortho intramolecular Hbond substituents is 1. The van der Waals surface area contributed by atoms with Gasteiger partial charge >= 0.3 is 29.6 Å². The fraction of sp³-hybridized carbons (Fsp3) is 0.222. The zero-order valence-electron chi connectivity index (χ0n) is 7.93. The Labute approximate surface area is 104 Å². The molecule has 5 heteroatoms. The van der Waals surface area contributed by atoms with Crippen molar-refractivity contribution < 1.29 is 44.6 Å². The maximum absolute atomic E-state index is 10.3. The first-order chi connectivity index (χ1) is 6.09. The third-order valence-electron chi connectivity index (χ3n) is 1.69. The Bertz CT molecular complexity index is 299. The summed E-state index contributed by atoms with van der Waals surface area (Å²) in [6.07, 6.45) is 0.211. The van der Waals surface area contributed by atoms with Crippen molar-refractivity contribution >= 4 is 5.97 Å². The normalized spacial score (nSPS) is 11.5. The summed E-state index contributed by atoms with van der Waals surface area (Å²) in [5.74, 6) is -1.13. The summed E-state index contributed by atoms with van der Waals surface area (Å²) in [5, 5.41) is 19.2. The molecule has 1 aromatic carbocycles. The molecule has 70 valence electrons. The molecule has 0 heterocycles. The minimum Gasteiger partial charge on any atom is -0.548 e. The molecule has 3 N–H and O–H groups in total. The van der Waals surface area contributed by atoms with E-state index in [1.165, 1.54) is 12.1 Å². The Morgan fingerprint density at radius 2 is 1.93 bits per heavy atom. The van der Waals surface area contributed by atoms with E-state index in [4.69, 9.17) is 10.8 Å². The number of phenols is 1. The average Bonchev–Trinajstić information content (AvgIpc) is 2.08. The molecule has 0 fully saturated rings. The van der Waals surface area contributed by atoms with Crippen LogP contribution in [-0.2, 0) is 11.2 Å². The number of aromatic hydroxyl groups is 1. The van der Waals surface area contributed by atoms with Crippen LogP contribution >= 0.6 is 0 Å². The molecule has 4 nitrogen and oxygen atoms in total. The van der Waals surface area contributed by atoms with Gasteiger partial charge in [0.15, 0.2) is 0 Å². The van der Waals surface area contributed by atoms with Crippen LogP contribution in [0.1, 0.15) is 5.56 Å². The molecule has 0 bridgehead atoms. The van der Waals surface area contributed by atoms with Crippen molar-refractivity contribution in [1.82, 2.24) is 0 Å². The summed E-state index contributed by atoms with van der Waals surface area (Å²) in [5.41, 5.74) is 6.02. The summed E-state index contributed by atoms with van der Waals surface area (Å²) in [6.45, 7) is 0. The van der Waals surface area contributed by atoms with Crippen molar-refractivity contribution in [3.8, 4) is 5.75 Å². The molecule has 0 aromatic heterocycles. The number of carbonyl (C=O) groups is 1. The van der Waals surface area contributed by atoms with E-state index in [1.54, 1.807) is 12.1 Å². The number of carboxylic acid groups (broad SMARTS) is 1. The van der Waals surface area contributed by atoms with Gasteiger partial charge in [-0.3, -0.25) is 0 Å². The summed E-state index contributed by atoms with van der Waals surface area (Å²) < 4.78 is 0. The van der Waals surface area contributed by atoms with Crippen molar-refractivity contribution in [3.63, 3.8) is 0 Å². The second-order valence-corrected chi connectivity index (χ2v) is 2.80. The van der Waals surface area contributed by atoms with Crippen molar-refractivity contribution in [3.05, 3.63) is 29.8 Å². The molecule has 1 aromatic rings. The van der Waals surface area contributed by atoms with Crippen LogP contribution in [-0.4, -0.2) is 17.1 Å². The molecule has 0 amide bonds. The van der Waals surface area contributed by atoms with Gasteiger partial charge in [-0.15, -0.1) is 0 Å². The van der Waals surface area contributed by atoms with Crippen LogP contribution < -0.4 is 40.4 Å². The fourth-order valence-electron chi connectivity index (χ4n) is 0.969. The second kappa shape index (κ2) is 6.03. The number of benzene rings is 1. The number of nitrogens with two attached hydrogens (primary N) is 1. The van der Waals surface area contributed by atoms with Gasteiger partial charge in [0.2, 0.25) is 0 Å². The van der Waals surface area contributed by atoms with Crippen LogP contribution in [0.4, 0.5) is 0 Å². The topological polar surface area (TPSA) is 86.4 Å². The number of carboxylic acids is 1. The van der Waals surface area contributed by atoms with Crippen molar-refractivity contribution in [2.24, 2.45) is 5.73 Å². The van der Waals surface area contributed by atoms with Crippen molar-refractivity contribution in [2.75, 3.05) is 0 Å². The maximum Gasteiger partial charge on any atom is 1.00 e. The molecule has 1 rings (SSSR count). The fourth-order valence-corrected chi connectivity index (χ4v) is 0.969. The molecule has 0 aliphatic rings. The number of hydrogen-bond acceptors (Lipinski definition) is 4. The molecule has 0 spiro atoms. The van der Waals surface area contributed by atoms with E-state index < -0.39 is 12.0 Å². The largest absolute Gasteiger partial charge is 1.00 e. The molecular formula is C9H10NNaO3. The van der Waals surface area contributed by atoms with Gasteiger partial charge in [0.25, 0.3) is 0 Å². The maximum atomic E-state index is 10.3. The summed E-state index contributed by atoms with van der Waals surface area (Å²) in [4.78, 5) is 10.3. The smallest absolute Gasteiger partial charge is 0.548 e. The molecule has 0 saturated carbocycles. The van der Waals surface area contributed by atoms with Crippen LogP contribution in [0.5, 0.6) is 5.75 Å². The van der Waals surface area contributed by atoms with E-state index >= 15 is 0 Å². The third-order valence-corrected chi connectivity index (χ3v) is 1.69. The minimum atomic E-state index is -1.27. The predicted octanol–water partition coefficient (Wildman–Crippen LogP) is -3.98. The van der Waals surface area contributed by atoms with E-state index in [1.807, 2.05) is 0 Å². The van der Waals surface area contributed by atoms with Crippen LogP contribution in [0, 0.1) is 0 Å². The van der Waals surface area contributed by atoms with E-state index in [0.717, 1.165) is 5.56 Å². The molecule has 0 saturated heterocycles. The molecule has 0 radical (unpaired) electrons. The van der Waals surface area contributed by atoms with Crippen LogP contribution in [0.15, 0.2) is 24.3 Å². The van der Waals surface area contributed by atoms with Gasteiger partial charge in [-0.05, 0) is 24.1 Å². The summed E-state index contributed by atoms with van der Waals surface area (Å²) in [6, 6.07) is 5.22. The van der Waals surface area contributed by atoms with Crippen molar-refractivity contribution in [1.29, 1.82) is 0 Å². The number of carbonyl (C=O) groups excluding carboxylic acids is 1. The summed E-state index contributed by atoms with van der Waals surface area (Å²) in [7, 11) is 0. The second-order valence-electron chi connectivity index (χ2n) is 2.80. The Balaban J connectivity index is 0.00000169. The van der Waals surface area contributed by atoms with E-state index in [9.17, 15) is 9.90 Å². The Morgan fingerprint density at radius 3 is 2.36 bits per heavy atom. The number of hydrogen-bond donors (Lipinski definition) is 2. The van der Waals surface area contributed by atoms with Crippen molar-refractivity contribution in [2.45, 2.75) is 12.5 Å². The van der Waals surface area contributed by atoms with Gasteiger partial charge < -0.3 is 20.7 Å². The van der Waals surface area contributed by atoms with Gasteiger partial charge in [-0.25, -0.2) is 0 Å². The van der Waals surface area contributed by atoms with Gasteiger partial charge in [-0.1, -0.05) is 12.1 Å². The molecule has 0 aliphatic heterocycles. The van der Waals surface area contributed by atoms with Crippen LogP contribution in [0.2, 0.25) is 0 Å². The Morgan fingerprint density at radius 1 is 1.43 bits per heavy atom. The number of aliphatic carboxylic acids is 1. The molecule has 0 unspecified atom stereocenters. The third kappa shape index (κ3) is 4.11. The first-order valence-electron chi connectivity index (χ1n) is 3.84. The van der Waals surface area contributed by atoms with E-state index in [2.05, 4.69) is 0 Å². The summed E-state index contributed by atoms with van der Waals surface area (Å²) >= 11 is 0. The van der Waals surface area contributed by atoms with Gasteiger partial charge in [0, 0.05) is 6.04 Å². The Kier molecular flexibility index (Phi) is 5.79. The van der Waals surface area contributed by atoms with Gasteiger partial charge in [0.05, 0.1) is 5.97 Å². The van der Waals surface area contributed by atoms with E-state index in [0.29, 0.717) is 0 Å². The molecule has 0 aliphatic carbocycles. The monoisotopic (exact) mass is 203 g/mol. The first kappa shape index (κ1) is 13.4. The van der Waals surface area contributed by atoms with Crippen LogP contribution in [0.25, 0.3) is 0 Å². The SMILES string of the molecule is N[C@@H](Cc1ccc(O)cc1)C(=O)[O-].[Na+]. The average molecular weight is 203 g/mol. The predicted molar refractivity (Wildman–Crippen MR) is 44.8 cm³/mol.